The molecule has 2 nitrogen and oxygen atoms in total. The van der Waals surface area contributed by atoms with Crippen LogP contribution in [0.4, 0.5) is 0 Å². The largest absolute Gasteiger partial charge is 0.309 e. The maximum Gasteiger partial charge on any atom is 0.0619 e. The molecule has 10 aromatic rings. The molecule has 2 heteroatoms. The van der Waals surface area contributed by atoms with E-state index in [1.54, 1.807) is 0 Å². The monoisotopic (exact) mass is 636 g/mol. The Balaban J connectivity index is 1.17. The van der Waals surface area contributed by atoms with E-state index < -0.39 is 0 Å². The van der Waals surface area contributed by atoms with Crippen LogP contribution in [-0.4, -0.2) is 9.13 Å². The topological polar surface area (TPSA) is 9.86 Å². The highest BCUT2D eigenvalue weighted by atomic mass is 15.0. The number of benzene rings is 8. The minimum absolute atomic E-state index is 1.15. The number of fused-ring (bicyclic) bond motifs is 6. The smallest absolute Gasteiger partial charge is 0.0619 e. The standard InChI is InChI=1S/C48H32N2/c1-3-13-33(14-4-1)34-25-27-35(28-26-34)36-15-11-18-39(31-36)50-46-24-10-7-19-41(46)43-22-12-21-40(48(43)50)37-29-30-47-44(32-37)42-20-8-9-23-45(42)49(47)38-16-5-2-6-17-38/h1-32H. The first kappa shape index (κ1) is 28.4. The number of aromatic nitrogens is 2. The number of hydrogen-bond donors (Lipinski definition) is 0. The summed E-state index contributed by atoms with van der Waals surface area (Å²) >= 11 is 0. The van der Waals surface area contributed by atoms with Gasteiger partial charge in [0.1, 0.15) is 0 Å². The van der Waals surface area contributed by atoms with Crippen LogP contribution in [-0.2, 0) is 0 Å². The molecule has 0 N–H and O–H groups in total. The molecule has 2 aromatic heterocycles. The number of rotatable bonds is 5. The van der Waals surface area contributed by atoms with Gasteiger partial charge >= 0.3 is 0 Å². The molecule has 0 aliphatic heterocycles. The van der Waals surface area contributed by atoms with E-state index in [4.69, 9.17) is 0 Å². The van der Waals surface area contributed by atoms with Crippen LogP contribution in [0.5, 0.6) is 0 Å². The molecular formula is C48H32N2. The first-order chi connectivity index (χ1) is 24.8. The predicted molar refractivity (Wildman–Crippen MR) is 211 cm³/mol. The van der Waals surface area contributed by atoms with Gasteiger partial charge in [-0.3, -0.25) is 0 Å². The van der Waals surface area contributed by atoms with Gasteiger partial charge in [-0.2, -0.15) is 0 Å². The van der Waals surface area contributed by atoms with Crippen molar-refractivity contribution in [2.24, 2.45) is 0 Å². The predicted octanol–water partition coefficient (Wildman–Crippen LogP) is 12.9. The van der Waals surface area contributed by atoms with Crippen molar-refractivity contribution >= 4 is 43.6 Å². The van der Waals surface area contributed by atoms with Gasteiger partial charge in [0.25, 0.3) is 0 Å². The highest BCUT2D eigenvalue weighted by Crippen LogP contribution is 2.41. The molecule has 8 aromatic carbocycles. The normalized spacial score (nSPS) is 11.6. The van der Waals surface area contributed by atoms with Gasteiger partial charge < -0.3 is 9.13 Å². The van der Waals surface area contributed by atoms with Crippen molar-refractivity contribution in [1.82, 2.24) is 9.13 Å². The summed E-state index contributed by atoms with van der Waals surface area (Å²) in [6.07, 6.45) is 0. The Morgan fingerprint density at radius 3 is 1.52 bits per heavy atom. The van der Waals surface area contributed by atoms with Crippen LogP contribution in [0.1, 0.15) is 0 Å². The lowest BCUT2D eigenvalue weighted by molar-refractivity contribution is 1.18. The number of hydrogen-bond acceptors (Lipinski definition) is 0. The summed E-state index contributed by atoms with van der Waals surface area (Å²) in [6.45, 7) is 0. The van der Waals surface area contributed by atoms with E-state index in [1.807, 2.05) is 0 Å². The van der Waals surface area contributed by atoms with Crippen molar-refractivity contribution in [3.8, 4) is 44.8 Å². The van der Waals surface area contributed by atoms with E-state index in [9.17, 15) is 0 Å². The van der Waals surface area contributed by atoms with Crippen molar-refractivity contribution in [3.05, 3.63) is 194 Å². The molecule has 0 saturated heterocycles. The van der Waals surface area contributed by atoms with Crippen LogP contribution in [0.2, 0.25) is 0 Å². The Morgan fingerprint density at radius 1 is 0.260 bits per heavy atom. The summed E-state index contributed by atoms with van der Waals surface area (Å²) < 4.78 is 4.84. The lowest BCUT2D eigenvalue weighted by Gasteiger charge is -2.14. The van der Waals surface area contributed by atoms with Gasteiger partial charge in [0.05, 0.1) is 22.1 Å². The SMILES string of the molecule is c1ccc(-c2ccc(-c3cccc(-n4c5ccccc5c5cccc(-c6ccc7c(c6)c6ccccc6n7-c6ccccc6)c54)c3)cc2)cc1. The van der Waals surface area contributed by atoms with Gasteiger partial charge in [-0.1, -0.05) is 146 Å². The highest BCUT2D eigenvalue weighted by molar-refractivity contribution is 6.15. The molecule has 0 spiro atoms. The van der Waals surface area contributed by atoms with Crippen molar-refractivity contribution in [1.29, 1.82) is 0 Å². The lowest BCUT2D eigenvalue weighted by Crippen LogP contribution is -1.96. The van der Waals surface area contributed by atoms with Crippen LogP contribution < -0.4 is 0 Å². The van der Waals surface area contributed by atoms with Crippen LogP contribution in [0.3, 0.4) is 0 Å². The molecule has 0 radical (unpaired) electrons. The fourth-order valence-corrected chi connectivity index (χ4v) is 7.83. The van der Waals surface area contributed by atoms with Crippen molar-refractivity contribution in [2.75, 3.05) is 0 Å². The second-order valence-electron chi connectivity index (χ2n) is 13.0. The number of para-hydroxylation sites is 4. The van der Waals surface area contributed by atoms with Crippen molar-refractivity contribution in [2.45, 2.75) is 0 Å². The van der Waals surface area contributed by atoms with Gasteiger partial charge in [0, 0.05) is 38.5 Å². The molecule has 0 amide bonds. The quantitative estimate of drug-likeness (QED) is 0.178. The zero-order valence-corrected chi connectivity index (χ0v) is 27.4. The minimum atomic E-state index is 1.15. The van der Waals surface area contributed by atoms with E-state index in [1.165, 1.54) is 82.7 Å². The number of nitrogens with zero attached hydrogens (tertiary/aromatic N) is 2. The molecule has 0 bridgehead atoms. The Labute approximate surface area is 290 Å². The summed E-state index contributed by atoms with van der Waals surface area (Å²) in [5.41, 5.74) is 14.4. The average molecular weight is 637 g/mol. The van der Waals surface area contributed by atoms with Gasteiger partial charge in [0.15, 0.2) is 0 Å². The maximum atomic E-state index is 2.46. The fourth-order valence-electron chi connectivity index (χ4n) is 7.83. The molecule has 234 valence electrons. The van der Waals surface area contributed by atoms with Crippen LogP contribution in [0.15, 0.2) is 194 Å². The molecule has 0 saturated carbocycles. The Kier molecular flexibility index (Phi) is 6.53. The van der Waals surface area contributed by atoms with Crippen LogP contribution in [0, 0.1) is 0 Å². The third kappa shape index (κ3) is 4.50. The first-order valence-electron chi connectivity index (χ1n) is 17.2. The second-order valence-corrected chi connectivity index (χ2v) is 13.0. The van der Waals surface area contributed by atoms with Crippen molar-refractivity contribution in [3.63, 3.8) is 0 Å². The fraction of sp³-hybridized carbons (Fsp3) is 0. The Bertz CT molecular complexity index is 2840. The van der Waals surface area contributed by atoms with Gasteiger partial charge in [-0.25, -0.2) is 0 Å². The Morgan fingerprint density at radius 2 is 0.760 bits per heavy atom. The molecular weight excluding hydrogens is 605 g/mol. The van der Waals surface area contributed by atoms with E-state index in [0.717, 1.165) is 5.69 Å². The van der Waals surface area contributed by atoms with Crippen LogP contribution in [0.25, 0.3) is 88.4 Å². The summed E-state index contributed by atoms with van der Waals surface area (Å²) in [5, 5.41) is 5.01. The molecule has 0 aliphatic carbocycles. The van der Waals surface area contributed by atoms with E-state index in [0.29, 0.717) is 0 Å². The highest BCUT2D eigenvalue weighted by Gasteiger charge is 2.18. The first-order valence-corrected chi connectivity index (χ1v) is 17.2. The average Bonchev–Trinajstić information content (AvgIpc) is 3.71. The molecule has 2 heterocycles. The van der Waals surface area contributed by atoms with Gasteiger partial charge in [-0.15, -0.1) is 0 Å². The molecule has 0 unspecified atom stereocenters. The molecule has 10 rings (SSSR count). The van der Waals surface area contributed by atoms with Gasteiger partial charge in [-0.05, 0) is 76.3 Å². The second kappa shape index (κ2) is 11.5. The van der Waals surface area contributed by atoms with E-state index in [2.05, 4.69) is 203 Å². The van der Waals surface area contributed by atoms with Crippen LogP contribution >= 0.6 is 0 Å². The Hall–Kier alpha value is -6.64. The third-order valence-electron chi connectivity index (χ3n) is 10.1. The third-order valence-corrected chi connectivity index (χ3v) is 10.1. The summed E-state index contributed by atoms with van der Waals surface area (Å²) in [7, 11) is 0. The van der Waals surface area contributed by atoms with Gasteiger partial charge in [0.2, 0.25) is 0 Å². The van der Waals surface area contributed by atoms with E-state index >= 15 is 0 Å². The molecule has 0 aliphatic rings. The van der Waals surface area contributed by atoms with Crippen molar-refractivity contribution < 1.29 is 0 Å². The lowest BCUT2D eigenvalue weighted by atomic mass is 9.99. The summed E-state index contributed by atoms with van der Waals surface area (Å²) in [6, 6.07) is 70.4. The van der Waals surface area contributed by atoms with E-state index in [-0.39, 0.29) is 0 Å². The molecule has 50 heavy (non-hydrogen) atoms. The zero-order chi connectivity index (χ0) is 33.0. The molecule has 0 fully saturated rings. The molecule has 0 atom stereocenters. The minimum Gasteiger partial charge on any atom is -0.309 e. The maximum absolute atomic E-state index is 2.46. The zero-order valence-electron chi connectivity index (χ0n) is 27.4. The summed E-state index contributed by atoms with van der Waals surface area (Å²) in [5.74, 6) is 0. The summed E-state index contributed by atoms with van der Waals surface area (Å²) in [4.78, 5) is 0.